The standard InChI is InChI=1S/C10H13BNO/c1-2-9(12)10-7-5-3-4-6-8(7)11-13-10/h3-6,9-10H,2,12H2,1H3. The SMILES string of the molecule is CCC(N)C1O[B]c2ccccc21. The summed E-state index contributed by atoms with van der Waals surface area (Å²) in [4.78, 5) is 0. The average Bonchev–Trinajstić information content (AvgIpc) is 2.60. The van der Waals surface area contributed by atoms with Crippen molar-refractivity contribution in [3.8, 4) is 0 Å². The van der Waals surface area contributed by atoms with Crippen LogP contribution in [0.1, 0.15) is 25.0 Å². The van der Waals surface area contributed by atoms with E-state index in [1.54, 1.807) is 7.48 Å². The van der Waals surface area contributed by atoms with Gasteiger partial charge < -0.3 is 10.4 Å². The van der Waals surface area contributed by atoms with E-state index >= 15 is 0 Å². The van der Waals surface area contributed by atoms with Crippen molar-refractivity contribution in [3.05, 3.63) is 29.8 Å². The third-order valence-electron chi connectivity index (χ3n) is 2.50. The molecule has 1 aromatic rings. The van der Waals surface area contributed by atoms with Crippen LogP contribution in [0.5, 0.6) is 0 Å². The molecule has 2 N–H and O–H groups in total. The van der Waals surface area contributed by atoms with E-state index in [2.05, 4.69) is 19.1 Å². The molecule has 1 aromatic carbocycles. The maximum absolute atomic E-state index is 5.95. The number of benzene rings is 1. The smallest absolute Gasteiger partial charge is 0.331 e. The molecule has 0 bridgehead atoms. The largest absolute Gasteiger partial charge is 0.426 e. The van der Waals surface area contributed by atoms with Gasteiger partial charge in [-0.2, -0.15) is 0 Å². The zero-order valence-corrected chi connectivity index (χ0v) is 7.73. The van der Waals surface area contributed by atoms with Crippen molar-refractivity contribution in [2.45, 2.75) is 25.5 Å². The molecular weight excluding hydrogens is 161 g/mol. The molecule has 0 amide bonds. The van der Waals surface area contributed by atoms with Crippen LogP contribution >= 0.6 is 0 Å². The average molecular weight is 174 g/mol. The Morgan fingerprint density at radius 1 is 1.54 bits per heavy atom. The zero-order chi connectivity index (χ0) is 9.26. The molecule has 0 saturated carbocycles. The molecule has 1 aliphatic heterocycles. The first kappa shape index (κ1) is 8.79. The zero-order valence-electron chi connectivity index (χ0n) is 7.73. The van der Waals surface area contributed by atoms with Crippen LogP contribution in [0.3, 0.4) is 0 Å². The topological polar surface area (TPSA) is 35.2 Å². The van der Waals surface area contributed by atoms with Crippen LogP contribution in [-0.4, -0.2) is 13.5 Å². The van der Waals surface area contributed by atoms with Gasteiger partial charge in [0.15, 0.2) is 0 Å². The van der Waals surface area contributed by atoms with Gasteiger partial charge in [-0.3, -0.25) is 0 Å². The molecule has 0 fully saturated rings. The quantitative estimate of drug-likeness (QED) is 0.671. The Morgan fingerprint density at radius 3 is 3.08 bits per heavy atom. The summed E-state index contributed by atoms with van der Waals surface area (Å²) in [6.45, 7) is 2.08. The normalized spacial score (nSPS) is 22.2. The Bertz CT molecular complexity index is 303. The molecule has 0 saturated heterocycles. The molecule has 3 heteroatoms. The van der Waals surface area contributed by atoms with Crippen LogP contribution in [0.25, 0.3) is 0 Å². The second-order valence-corrected chi connectivity index (χ2v) is 3.38. The lowest BCUT2D eigenvalue weighted by Crippen LogP contribution is -2.27. The first-order chi connectivity index (χ1) is 6.33. The Labute approximate surface area is 79.4 Å². The predicted molar refractivity (Wildman–Crippen MR) is 53.9 cm³/mol. The molecule has 1 radical (unpaired) electrons. The Morgan fingerprint density at radius 2 is 2.31 bits per heavy atom. The van der Waals surface area contributed by atoms with Gasteiger partial charge in [0.2, 0.25) is 0 Å². The van der Waals surface area contributed by atoms with Gasteiger partial charge in [-0.05, 0) is 17.4 Å². The predicted octanol–water partition coefficient (Wildman–Crippen LogP) is 0.740. The molecule has 2 atom stereocenters. The summed E-state index contributed by atoms with van der Waals surface area (Å²) in [6, 6.07) is 8.27. The van der Waals surface area contributed by atoms with Crippen molar-refractivity contribution in [1.29, 1.82) is 0 Å². The van der Waals surface area contributed by atoms with Crippen LogP contribution in [0.15, 0.2) is 24.3 Å². The van der Waals surface area contributed by atoms with Crippen LogP contribution in [0, 0.1) is 0 Å². The van der Waals surface area contributed by atoms with Crippen molar-refractivity contribution in [1.82, 2.24) is 0 Å². The van der Waals surface area contributed by atoms with Gasteiger partial charge in [-0.25, -0.2) is 0 Å². The summed E-state index contributed by atoms with van der Waals surface area (Å²) in [7, 11) is 1.80. The van der Waals surface area contributed by atoms with Gasteiger partial charge in [-0.1, -0.05) is 31.2 Å². The molecule has 2 unspecified atom stereocenters. The maximum atomic E-state index is 5.95. The Balaban J connectivity index is 2.28. The molecule has 67 valence electrons. The number of hydrogen-bond donors (Lipinski definition) is 1. The fraction of sp³-hybridized carbons (Fsp3) is 0.400. The van der Waals surface area contributed by atoms with Gasteiger partial charge >= 0.3 is 7.48 Å². The van der Waals surface area contributed by atoms with E-state index in [1.165, 1.54) is 5.56 Å². The van der Waals surface area contributed by atoms with Crippen LogP contribution in [0.2, 0.25) is 0 Å². The summed E-state index contributed by atoms with van der Waals surface area (Å²) >= 11 is 0. The summed E-state index contributed by atoms with van der Waals surface area (Å²) in [5, 5.41) is 0. The fourth-order valence-electron chi connectivity index (χ4n) is 1.64. The molecule has 0 aliphatic carbocycles. The minimum absolute atomic E-state index is 0.0567. The van der Waals surface area contributed by atoms with Gasteiger partial charge in [0.25, 0.3) is 0 Å². The highest BCUT2D eigenvalue weighted by molar-refractivity contribution is 6.49. The van der Waals surface area contributed by atoms with Gasteiger partial charge in [0, 0.05) is 6.04 Å². The highest BCUT2D eigenvalue weighted by Gasteiger charge is 2.27. The van der Waals surface area contributed by atoms with E-state index in [9.17, 15) is 0 Å². The molecule has 2 nitrogen and oxygen atoms in total. The van der Waals surface area contributed by atoms with E-state index in [0.29, 0.717) is 0 Å². The lowest BCUT2D eigenvalue weighted by atomic mass is 9.86. The monoisotopic (exact) mass is 174 g/mol. The van der Waals surface area contributed by atoms with E-state index in [-0.39, 0.29) is 12.1 Å². The summed E-state index contributed by atoms with van der Waals surface area (Å²) in [5.74, 6) is 0. The second-order valence-electron chi connectivity index (χ2n) is 3.38. The molecule has 1 heterocycles. The fourth-order valence-corrected chi connectivity index (χ4v) is 1.64. The van der Waals surface area contributed by atoms with Crippen molar-refractivity contribution in [2.75, 3.05) is 0 Å². The Kier molecular flexibility index (Phi) is 2.38. The summed E-state index contributed by atoms with van der Waals surface area (Å²) in [5.41, 5.74) is 8.33. The summed E-state index contributed by atoms with van der Waals surface area (Å²) in [6.07, 6.45) is 0.994. The highest BCUT2D eigenvalue weighted by Crippen LogP contribution is 2.24. The first-order valence-corrected chi connectivity index (χ1v) is 4.66. The number of fused-ring (bicyclic) bond motifs is 1. The third kappa shape index (κ3) is 1.49. The van der Waals surface area contributed by atoms with E-state index in [4.69, 9.17) is 10.4 Å². The van der Waals surface area contributed by atoms with Crippen LogP contribution in [-0.2, 0) is 4.65 Å². The van der Waals surface area contributed by atoms with Crippen LogP contribution in [0.4, 0.5) is 0 Å². The number of hydrogen-bond acceptors (Lipinski definition) is 2. The molecule has 2 rings (SSSR count). The van der Waals surface area contributed by atoms with Crippen molar-refractivity contribution in [2.24, 2.45) is 5.73 Å². The van der Waals surface area contributed by atoms with Crippen LogP contribution < -0.4 is 11.2 Å². The van der Waals surface area contributed by atoms with Gasteiger partial charge in [0.1, 0.15) is 0 Å². The van der Waals surface area contributed by atoms with E-state index in [0.717, 1.165) is 11.9 Å². The van der Waals surface area contributed by atoms with Crippen molar-refractivity contribution >= 4 is 12.9 Å². The lowest BCUT2D eigenvalue weighted by Gasteiger charge is -2.18. The minimum Gasteiger partial charge on any atom is -0.426 e. The maximum Gasteiger partial charge on any atom is 0.331 e. The molecule has 0 spiro atoms. The highest BCUT2D eigenvalue weighted by atomic mass is 16.4. The summed E-state index contributed by atoms with van der Waals surface area (Å²) < 4.78 is 5.53. The minimum atomic E-state index is 0.0567. The van der Waals surface area contributed by atoms with Gasteiger partial charge in [0.05, 0.1) is 6.10 Å². The lowest BCUT2D eigenvalue weighted by molar-refractivity contribution is 0.195. The molecule has 13 heavy (non-hydrogen) atoms. The van der Waals surface area contributed by atoms with Crippen molar-refractivity contribution in [3.63, 3.8) is 0 Å². The third-order valence-corrected chi connectivity index (χ3v) is 2.50. The van der Waals surface area contributed by atoms with Crippen molar-refractivity contribution < 1.29 is 4.65 Å². The van der Waals surface area contributed by atoms with E-state index in [1.807, 2.05) is 12.1 Å². The molecule has 1 aliphatic rings. The number of rotatable bonds is 2. The molecular formula is C10H13BNO. The second kappa shape index (κ2) is 3.52. The first-order valence-electron chi connectivity index (χ1n) is 4.66. The number of nitrogens with two attached hydrogens (primary N) is 1. The Hall–Kier alpha value is -0.795. The van der Waals surface area contributed by atoms with Gasteiger partial charge in [-0.15, -0.1) is 0 Å². The molecule has 0 aromatic heterocycles. The van der Waals surface area contributed by atoms with E-state index < -0.39 is 0 Å².